The van der Waals surface area contributed by atoms with E-state index in [9.17, 15) is 4.79 Å². The molecule has 0 aliphatic rings. The summed E-state index contributed by atoms with van der Waals surface area (Å²) in [7, 11) is 1.82. The van der Waals surface area contributed by atoms with E-state index in [0.29, 0.717) is 17.9 Å². The Hall–Kier alpha value is -3.15. The van der Waals surface area contributed by atoms with Crippen molar-refractivity contribution in [2.24, 2.45) is 0 Å². The molecule has 134 valence electrons. The number of amides is 1. The normalized spacial score (nSPS) is 10.7. The zero-order chi connectivity index (χ0) is 18.7. The fraction of sp³-hybridized carbons (Fsp3) is 0.250. The van der Waals surface area contributed by atoms with Crippen molar-refractivity contribution in [2.75, 3.05) is 19.3 Å². The van der Waals surface area contributed by atoms with Gasteiger partial charge < -0.3 is 10.6 Å². The number of H-pyrrole nitrogens is 1. The Balaban J connectivity index is 1.67. The number of nitrogens with one attached hydrogen (secondary N) is 1. The average Bonchev–Trinajstić information content (AvgIpc) is 2.97. The molecule has 0 fully saturated rings. The van der Waals surface area contributed by atoms with Crippen molar-refractivity contribution in [3.63, 3.8) is 0 Å². The van der Waals surface area contributed by atoms with Gasteiger partial charge in [0.2, 0.25) is 0 Å². The number of rotatable bonds is 5. The van der Waals surface area contributed by atoms with Crippen LogP contribution in [0.3, 0.4) is 0 Å². The summed E-state index contributed by atoms with van der Waals surface area (Å²) >= 11 is 0. The lowest BCUT2D eigenvalue weighted by molar-refractivity contribution is 0.0796. The number of nitrogens with zero attached hydrogens (tertiary/aromatic N) is 3. The lowest BCUT2D eigenvalue weighted by Gasteiger charge is -2.17. The molecule has 3 rings (SSSR count). The van der Waals surface area contributed by atoms with Crippen LogP contribution < -0.4 is 5.73 Å². The van der Waals surface area contributed by atoms with Crippen molar-refractivity contribution in [3.05, 3.63) is 65.0 Å². The van der Waals surface area contributed by atoms with Crippen LogP contribution in [0, 0.1) is 13.8 Å². The number of aromatic amines is 1. The number of pyridine rings is 1. The molecule has 0 saturated heterocycles. The fourth-order valence-corrected chi connectivity index (χ4v) is 2.94. The van der Waals surface area contributed by atoms with Gasteiger partial charge in [-0.25, -0.2) is 4.98 Å². The van der Waals surface area contributed by atoms with Crippen LogP contribution in [0.25, 0.3) is 11.3 Å². The van der Waals surface area contributed by atoms with Crippen molar-refractivity contribution >= 4 is 11.7 Å². The van der Waals surface area contributed by atoms with Crippen LogP contribution in [-0.4, -0.2) is 39.6 Å². The van der Waals surface area contributed by atoms with Gasteiger partial charge in [-0.15, -0.1) is 0 Å². The van der Waals surface area contributed by atoms with Crippen LogP contribution in [0.15, 0.2) is 42.5 Å². The van der Waals surface area contributed by atoms with E-state index >= 15 is 0 Å². The summed E-state index contributed by atoms with van der Waals surface area (Å²) in [5, 5.41) is 7.18. The van der Waals surface area contributed by atoms with Crippen molar-refractivity contribution in [1.29, 1.82) is 0 Å². The number of aryl methyl sites for hydroxylation is 2. The topological polar surface area (TPSA) is 87.9 Å². The molecule has 6 nitrogen and oxygen atoms in total. The van der Waals surface area contributed by atoms with Crippen LogP contribution in [0.2, 0.25) is 0 Å². The van der Waals surface area contributed by atoms with Gasteiger partial charge in [-0.2, -0.15) is 5.10 Å². The molecule has 0 aliphatic heterocycles. The van der Waals surface area contributed by atoms with Gasteiger partial charge in [0, 0.05) is 30.4 Å². The molecule has 0 unspecified atom stereocenters. The van der Waals surface area contributed by atoms with Crippen LogP contribution in [0.1, 0.15) is 27.3 Å². The van der Waals surface area contributed by atoms with Crippen molar-refractivity contribution in [1.82, 2.24) is 20.1 Å². The van der Waals surface area contributed by atoms with E-state index in [4.69, 9.17) is 5.73 Å². The number of nitrogen functional groups attached to an aromatic ring is 1. The van der Waals surface area contributed by atoms with E-state index in [1.165, 1.54) is 5.56 Å². The molecular formula is C20H23N5O. The summed E-state index contributed by atoms with van der Waals surface area (Å²) in [6.45, 7) is 4.61. The Kier molecular flexibility index (Phi) is 5.02. The lowest BCUT2D eigenvalue weighted by Crippen LogP contribution is -2.29. The van der Waals surface area contributed by atoms with Gasteiger partial charge in [0.05, 0.1) is 11.4 Å². The number of carbonyl (C=O) groups excluding carboxylic acids is 1. The SMILES string of the molecule is Cc1n[nH]c(C)c1CCN(C)C(=O)c1ccc(-c2cccc(N)n2)cc1. The third-order valence-electron chi connectivity index (χ3n) is 4.52. The summed E-state index contributed by atoms with van der Waals surface area (Å²) < 4.78 is 0. The molecule has 0 saturated carbocycles. The maximum absolute atomic E-state index is 12.6. The first kappa shape index (κ1) is 17.7. The van der Waals surface area contributed by atoms with E-state index in [1.807, 2.05) is 57.3 Å². The first-order chi connectivity index (χ1) is 12.5. The summed E-state index contributed by atoms with van der Waals surface area (Å²) in [5.74, 6) is 0.475. The monoisotopic (exact) mass is 349 g/mol. The number of anilines is 1. The highest BCUT2D eigenvalue weighted by Crippen LogP contribution is 2.19. The molecule has 0 radical (unpaired) electrons. The summed E-state index contributed by atoms with van der Waals surface area (Å²) in [4.78, 5) is 18.7. The molecule has 0 atom stereocenters. The minimum Gasteiger partial charge on any atom is -0.384 e. The molecule has 3 aromatic rings. The number of carbonyl (C=O) groups is 1. The van der Waals surface area contributed by atoms with Gasteiger partial charge >= 0.3 is 0 Å². The smallest absolute Gasteiger partial charge is 0.253 e. The van der Waals surface area contributed by atoms with Crippen molar-refractivity contribution in [2.45, 2.75) is 20.3 Å². The van der Waals surface area contributed by atoms with Gasteiger partial charge in [-0.05, 0) is 50.1 Å². The molecule has 2 heterocycles. The highest BCUT2D eigenvalue weighted by molar-refractivity contribution is 5.94. The number of aromatic nitrogens is 3. The third-order valence-corrected chi connectivity index (χ3v) is 4.52. The lowest BCUT2D eigenvalue weighted by atomic mass is 10.1. The minimum absolute atomic E-state index is 0.00381. The van der Waals surface area contributed by atoms with E-state index < -0.39 is 0 Å². The summed E-state index contributed by atoms with van der Waals surface area (Å²) in [6, 6.07) is 13.0. The summed E-state index contributed by atoms with van der Waals surface area (Å²) in [5.41, 5.74) is 11.3. The molecule has 0 aliphatic carbocycles. The van der Waals surface area contributed by atoms with Gasteiger partial charge in [-0.3, -0.25) is 9.89 Å². The minimum atomic E-state index is -0.00381. The highest BCUT2D eigenvalue weighted by atomic mass is 16.2. The Morgan fingerprint density at radius 2 is 1.88 bits per heavy atom. The average molecular weight is 349 g/mol. The number of nitrogens with two attached hydrogens (primary N) is 1. The fourth-order valence-electron chi connectivity index (χ4n) is 2.94. The standard InChI is InChI=1S/C20H23N5O/c1-13-17(14(2)24-23-13)11-12-25(3)20(26)16-9-7-15(8-10-16)18-5-4-6-19(21)22-18/h4-10H,11-12H2,1-3H3,(H2,21,22)(H,23,24). The molecule has 3 N–H and O–H groups in total. The molecular weight excluding hydrogens is 326 g/mol. The molecule has 26 heavy (non-hydrogen) atoms. The quantitative estimate of drug-likeness (QED) is 0.741. The zero-order valence-electron chi connectivity index (χ0n) is 15.3. The van der Waals surface area contributed by atoms with Crippen molar-refractivity contribution in [3.8, 4) is 11.3 Å². The molecule has 1 amide bonds. The van der Waals surface area contributed by atoms with Crippen LogP contribution in [-0.2, 0) is 6.42 Å². The predicted octanol–water partition coefficient (Wildman–Crippen LogP) is 2.99. The number of likely N-dealkylation sites (N-methyl/N-ethyl adjacent to an activating group) is 1. The Morgan fingerprint density at radius 1 is 1.15 bits per heavy atom. The van der Waals surface area contributed by atoms with Gasteiger partial charge in [-0.1, -0.05) is 18.2 Å². The predicted molar refractivity (Wildman–Crippen MR) is 103 cm³/mol. The number of benzene rings is 1. The Bertz CT molecular complexity index is 895. The maximum Gasteiger partial charge on any atom is 0.253 e. The van der Waals surface area contributed by atoms with Gasteiger partial charge in [0.25, 0.3) is 5.91 Å². The van der Waals surface area contributed by atoms with E-state index in [-0.39, 0.29) is 5.91 Å². The Labute approximate surface area is 153 Å². The second-order valence-electron chi connectivity index (χ2n) is 6.41. The largest absolute Gasteiger partial charge is 0.384 e. The van der Waals surface area contributed by atoms with Crippen LogP contribution in [0.4, 0.5) is 5.82 Å². The second kappa shape index (κ2) is 7.39. The molecule has 1 aromatic carbocycles. The van der Waals surface area contributed by atoms with E-state index in [0.717, 1.165) is 29.1 Å². The molecule has 0 spiro atoms. The van der Waals surface area contributed by atoms with Crippen LogP contribution >= 0.6 is 0 Å². The van der Waals surface area contributed by atoms with Gasteiger partial charge in [0.15, 0.2) is 0 Å². The van der Waals surface area contributed by atoms with Crippen molar-refractivity contribution < 1.29 is 4.79 Å². The first-order valence-electron chi connectivity index (χ1n) is 8.54. The van der Waals surface area contributed by atoms with E-state index in [1.54, 1.807) is 11.0 Å². The zero-order valence-corrected chi connectivity index (χ0v) is 15.3. The maximum atomic E-state index is 12.6. The number of hydrogen-bond acceptors (Lipinski definition) is 4. The molecule has 6 heteroatoms. The first-order valence-corrected chi connectivity index (χ1v) is 8.54. The summed E-state index contributed by atoms with van der Waals surface area (Å²) in [6.07, 6.45) is 0.779. The number of hydrogen-bond donors (Lipinski definition) is 2. The Morgan fingerprint density at radius 3 is 2.50 bits per heavy atom. The molecule has 2 aromatic heterocycles. The molecule has 0 bridgehead atoms. The van der Waals surface area contributed by atoms with E-state index in [2.05, 4.69) is 15.2 Å². The second-order valence-corrected chi connectivity index (χ2v) is 6.41. The third kappa shape index (κ3) is 3.74. The highest BCUT2D eigenvalue weighted by Gasteiger charge is 2.14. The van der Waals surface area contributed by atoms with Crippen LogP contribution in [0.5, 0.6) is 0 Å². The van der Waals surface area contributed by atoms with Gasteiger partial charge in [0.1, 0.15) is 5.82 Å².